The van der Waals surface area contributed by atoms with Crippen molar-refractivity contribution < 1.29 is 35.2 Å². The van der Waals surface area contributed by atoms with Gasteiger partial charge in [0.05, 0.1) is 20.8 Å². The van der Waals surface area contributed by atoms with Gasteiger partial charge in [0, 0.05) is 11.6 Å². The van der Waals surface area contributed by atoms with Gasteiger partial charge in [0.15, 0.2) is 11.5 Å². The molecule has 0 aromatic heterocycles. The van der Waals surface area contributed by atoms with Crippen LogP contribution in [0.3, 0.4) is 0 Å². The lowest BCUT2D eigenvalue weighted by Gasteiger charge is -2.40. The number of piperidine rings is 1. The molecule has 10 heteroatoms. The normalized spacial score (nSPS) is 21.2. The molecule has 1 saturated heterocycles. The Morgan fingerprint density at radius 3 is 2.46 bits per heavy atom. The highest BCUT2D eigenvalue weighted by molar-refractivity contribution is 7.87. The summed E-state index contributed by atoms with van der Waals surface area (Å²) in [6.45, 7) is 0.715. The van der Waals surface area contributed by atoms with E-state index in [1.807, 2.05) is 4.90 Å². The lowest BCUT2D eigenvalue weighted by Crippen LogP contribution is -2.44. The maximum absolute atomic E-state index is 12.9. The molecular weight excluding hydrogens is 399 g/mol. The third-order valence-corrected chi connectivity index (χ3v) is 6.09. The van der Waals surface area contributed by atoms with Crippen molar-refractivity contribution in [2.45, 2.75) is 37.2 Å². The van der Waals surface area contributed by atoms with Crippen molar-refractivity contribution in [2.24, 2.45) is 0 Å². The molecule has 0 N–H and O–H groups in total. The number of alkyl halides is 3. The van der Waals surface area contributed by atoms with Gasteiger partial charge in [0.25, 0.3) is 0 Å². The third kappa shape index (κ3) is 4.07. The highest BCUT2D eigenvalue weighted by Crippen LogP contribution is 2.40. The minimum atomic E-state index is -5.75. The van der Waals surface area contributed by atoms with Crippen LogP contribution in [0.1, 0.15) is 31.2 Å². The Morgan fingerprint density at radius 2 is 1.82 bits per heavy atom. The topological polar surface area (TPSA) is 65.1 Å². The first-order chi connectivity index (χ1) is 13.2. The van der Waals surface area contributed by atoms with Crippen LogP contribution in [0.2, 0.25) is 0 Å². The molecule has 1 aromatic carbocycles. The number of hydrogen-bond acceptors (Lipinski definition) is 6. The predicted molar refractivity (Wildman–Crippen MR) is 96.4 cm³/mol. The van der Waals surface area contributed by atoms with E-state index in [0.29, 0.717) is 35.6 Å². The van der Waals surface area contributed by atoms with Crippen LogP contribution in [0.5, 0.6) is 11.5 Å². The Morgan fingerprint density at radius 1 is 1.11 bits per heavy atom. The zero-order valence-corrected chi connectivity index (χ0v) is 16.4. The molecule has 2 heterocycles. The zero-order chi connectivity index (χ0) is 20.5. The maximum atomic E-state index is 12.9. The van der Waals surface area contributed by atoms with E-state index in [0.717, 1.165) is 19.3 Å². The van der Waals surface area contributed by atoms with Crippen LogP contribution < -0.4 is 9.47 Å². The second kappa shape index (κ2) is 7.82. The van der Waals surface area contributed by atoms with Crippen LogP contribution >= 0.6 is 0 Å². The van der Waals surface area contributed by atoms with E-state index in [4.69, 9.17) is 9.47 Å². The summed E-state index contributed by atoms with van der Waals surface area (Å²) in [5.74, 6) is 0.673. The molecule has 1 aromatic rings. The van der Waals surface area contributed by atoms with Crippen LogP contribution in [0.4, 0.5) is 13.2 Å². The molecule has 2 aliphatic rings. The summed E-state index contributed by atoms with van der Waals surface area (Å²) in [5, 5.41) is 0. The summed E-state index contributed by atoms with van der Waals surface area (Å²) in [5.41, 5.74) is -4.49. The molecule has 28 heavy (non-hydrogen) atoms. The molecule has 1 unspecified atom stereocenters. The number of ether oxygens (including phenoxy) is 2. The standard InChI is InChI=1S/C18H22F3NO5S/c1-25-15-7-6-12(9-16(15)26-2)14-10-13-5-3-4-8-22(13)11-17(14)27-28(23,24)18(19,20)21/h6-7,9,13H,3-5,8,10-11H2,1-2H3. The largest absolute Gasteiger partial charge is 0.534 e. The molecule has 0 spiro atoms. The van der Waals surface area contributed by atoms with Crippen LogP contribution in [-0.2, 0) is 14.3 Å². The first-order valence-corrected chi connectivity index (χ1v) is 10.3. The fraction of sp³-hybridized carbons (Fsp3) is 0.556. The number of methoxy groups -OCH3 is 2. The van der Waals surface area contributed by atoms with Gasteiger partial charge >= 0.3 is 15.6 Å². The van der Waals surface area contributed by atoms with Crippen molar-refractivity contribution in [3.63, 3.8) is 0 Å². The minimum absolute atomic E-state index is 0.0175. The molecule has 2 aliphatic heterocycles. The second-order valence-electron chi connectivity index (χ2n) is 6.78. The van der Waals surface area contributed by atoms with Gasteiger partial charge in [-0.2, -0.15) is 21.6 Å². The van der Waals surface area contributed by atoms with Gasteiger partial charge in [-0.25, -0.2) is 0 Å². The molecule has 0 amide bonds. The number of rotatable bonds is 5. The minimum Gasteiger partial charge on any atom is -0.493 e. The van der Waals surface area contributed by atoms with Crippen molar-refractivity contribution in [2.75, 3.05) is 27.3 Å². The lowest BCUT2D eigenvalue weighted by molar-refractivity contribution is -0.0527. The van der Waals surface area contributed by atoms with Crippen LogP contribution in [-0.4, -0.2) is 52.2 Å². The average molecular weight is 421 g/mol. The summed E-state index contributed by atoms with van der Waals surface area (Å²) in [7, 11) is -2.82. The van der Waals surface area contributed by atoms with E-state index < -0.39 is 15.6 Å². The fourth-order valence-electron chi connectivity index (χ4n) is 3.69. The first kappa shape index (κ1) is 20.8. The monoisotopic (exact) mass is 421 g/mol. The van der Waals surface area contributed by atoms with Gasteiger partial charge in [-0.05, 0) is 43.5 Å². The number of hydrogen-bond donors (Lipinski definition) is 0. The summed E-state index contributed by atoms with van der Waals surface area (Å²) >= 11 is 0. The van der Waals surface area contributed by atoms with E-state index in [-0.39, 0.29) is 18.3 Å². The molecular formula is C18H22F3NO5S. The van der Waals surface area contributed by atoms with Gasteiger partial charge in [-0.15, -0.1) is 0 Å². The number of nitrogens with zero attached hydrogens (tertiary/aromatic N) is 1. The molecule has 3 rings (SSSR count). The Hall–Kier alpha value is -1.94. The van der Waals surface area contributed by atoms with E-state index in [1.165, 1.54) is 14.2 Å². The van der Waals surface area contributed by atoms with Gasteiger partial charge in [0.1, 0.15) is 5.76 Å². The number of halogens is 3. The summed E-state index contributed by atoms with van der Waals surface area (Å²) < 4.78 is 77.0. The van der Waals surface area contributed by atoms with Crippen molar-refractivity contribution in [3.05, 3.63) is 29.5 Å². The molecule has 1 fully saturated rings. The third-order valence-electron chi connectivity index (χ3n) is 5.10. The molecule has 156 valence electrons. The van der Waals surface area contributed by atoms with E-state index in [9.17, 15) is 21.6 Å². The Balaban J connectivity index is 2.06. The highest BCUT2D eigenvalue weighted by Gasteiger charge is 2.49. The van der Waals surface area contributed by atoms with Crippen LogP contribution in [0, 0.1) is 0 Å². The van der Waals surface area contributed by atoms with E-state index >= 15 is 0 Å². The lowest BCUT2D eigenvalue weighted by atomic mass is 9.88. The van der Waals surface area contributed by atoms with Crippen molar-refractivity contribution >= 4 is 15.7 Å². The summed E-state index contributed by atoms with van der Waals surface area (Å²) in [6.07, 6.45) is 3.24. The average Bonchev–Trinajstić information content (AvgIpc) is 2.65. The van der Waals surface area contributed by atoms with E-state index in [1.54, 1.807) is 18.2 Å². The SMILES string of the molecule is COc1ccc(C2=C(OS(=O)(=O)C(F)(F)F)CN3CCCCC3C2)cc1OC. The molecule has 1 atom stereocenters. The molecule has 6 nitrogen and oxygen atoms in total. The van der Waals surface area contributed by atoms with Crippen molar-refractivity contribution in [1.82, 2.24) is 4.90 Å². The van der Waals surface area contributed by atoms with Crippen molar-refractivity contribution in [3.8, 4) is 11.5 Å². The Labute approximate surface area is 162 Å². The van der Waals surface area contributed by atoms with Gasteiger partial charge < -0.3 is 13.7 Å². The molecule has 0 radical (unpaired) electrons. The smallest absolute Gasteiger partial charge is 0.493 e. The highest BCUT2D eigenvalue weighted by atomic mass is 32.2. The molecule has 0 saturated carbocycles. The zero-order valence-electron chi connectivity index (χ0n) is 15.6. The first-order valence-electron chi connectivity index (χ1n) is 8.85. The maximum Gasteiger partial charge on any atom is 0.534 e. The molecule has 0 bridgehead atoms. The Bertz CT molecular complexity index is 866. The fourth-order valence-corrected chi connectivity index (χ4v) is 4.20. The quantitative estimate of drug-likeness (QED) is 0.535. The van der Waals surface area contributed by atoms with Crippen LogP contribution in [0.15, 0.2) is 24.0 Å². The van der Waals surface area contributed by atoms with Crippen molar-refractivity contribution in [1.29, 1.82) is 0 Å². The number of fused-ring (bicyclic) bond motifs is 1. The number of benzene rings is 1. The summed E-state index contributed by atoms with van der Waals surface area (Å²) in [6, 6.07) is 5.05. The van der Waals surface area contributed by atoms with Gasteiger partial charge in [-0.3, -0.25) is 4.90 Å². The predicted octanol–water partition coefficient (Wildman–Crippen LogP) is 3.54. The second-order valence-corrected chi connectivity index (χ2v) is 8.32. The van der Waals surface area contributed by atoms with Gasteiger partial charge in [-0.1, -0.05) is 12.5 Å². The Kier molecular flexibility index (Phi) is 5.81. The molecule has 0 aliphatic carbocycles. The summed E-state index contributed by atoms with van der Waals surface area (Å²) in [4.78, 5) is 1.98. The van der Waals surface area contributed by atoms with Crippen LogP contribution in [0.25, 0.3) is 5.57 Å². The van der Waals surface area contributed by atoms with Gasteiger partial charge in [0.2, 0.25) is 0 Å². The van der Waals surface area contributed by atoms with E-state index in [2.05, 4.69) is 4.18 Å².